The number of fused-ring (bicyclic) bond motifs is 1. The van der Waals surface area contributed by atoms with Gasteiger partial charge in [-0.1, -0.05) is 15.9 Å². The van der Waals surface area contributed by atoms with Gasteiger partial charge in [-0.05, 0) is 30.3 Å². The Morgan fingerprint density at radius 2 is 2.00 bits per heavy atom. The maximum Gasteiger partial charge on any atom is 0.116 e. The maximum atomic E-state index is 4.34. The van der Waals surface area contributed by atoms with Crippen molar-refractivity contribution in [3.63, 3.8) is 0 Å². The summed E-state index contributed by atoms with van der Waals surface area (Å²) in [4.78, 5) is 12.7. The van der Waals surface area contributed by atoms with Crippen molar-refractivity contribution >= 4 is 26.8 Å². The van der Waals surface area contributed by atoms with E-state index in [0.29, 0.717) is 0 Å². The Morgan fingerprint density at radius 3 is 2.82 bits per heavy atom. The summed E-state index contributed by atoms with van der Waals surface area (Å²) in [5, 5.41) is 1.03. The number of halogens is 1. The number of nitrogens with zero attached hydrogens (tertiary/aromatic N) is 3. The third kappa shape index (κ3) is 1.91. The molecule has 0 atom stereocenters. The summed E-state index contributed by atoms with van der Waals surface area (Å²) in [5.41, 5.74) is 2.84. The van der Waals surface area contributed by atoms with Crippen LogP contribution in [0.4, 0.5) is 0 Å². The molecule has 0 aliphatic carbocycles. The SMILES string of the molecule is Brc1ccc2c(-c3cccnc3)ncnc2c1. The summed E-state index contributed by atoms with van der Waals surface area (Å²) < 4.78 is 1.01. The first-order valence-electron chi connectivity index (χ1n) is 5.15. The second-order valence-corrected chi connectivity index (χ2v) is 4.54. The highest BCUT2D eigenvalue weighted by Gasteiger charge is 2.06. The Morgan fingerprint density at radius 1 is 1.06 bits per heavy atom. The molecule has 0 spiro atoms. The van der Waals surface area contributed by atoms with Crippen LogP contribution in [0.25, 0.3) is 22.2 Å². The quantitative estimate of drug-likeness (QED) is 0.687. The van der Waals surface area contributed by atoms with Crippen LogP contribution in [0.5, 0.6) is 0 Å². The predicted molar refractivity (Wildman–Crippen MR) is 70.5 cm³/mol. The molecule has 17 heavy (non-hydrogen) atoms. The smallest absolute Gasteiger partial charge is 0.116 e. The lowest BCUT2D eigenvalue weighted by molar-refractivity contribution is 1.21. The number of pyridine rings is 1. The first-order valence-corrected chi connectivity index (χ1v) is 5.94. The van der Waals surface area contributed by atoms with E-state index in [1.54, 1.807) is 12.5 Å². The molecule has 0 aliphatic heterocycles. The fraction of sp³-hybridized carbons (Fsp3) is 0. The summed E-state index contributed by atoms with van der Waals surface area (Å²) >= 11 is 3.44. The van der Waals surface area contributed by atoms with Crippen LogP contribution < -0.4 is 0 Å². The van der Waals surface area contributed by atoms with Crippen molar-refractivity contribution in [2.45, 2.75) is 0 Å². The predicted octanol–water partition coefficient (Wildman–Crippen LogP) is 3.45. The number of hydrogen-bond donors (Lipinski definition) is 0. The number of rotatable bonds is 1. The molecule has 82 valence electrons. The summed E-state index contributed by atoms with van der Waals surface area (Å²) in [6.45, 7) is 0. The minimum atomic E-state index is 0.913. The number of benzene rings is 1. The Bertz CT molecular complexity index is 668. The van der Waals surface area contributed by atoms with Gasteiger partial charge in [0.15, 0.2) is 0 Å². The highest BCUT2D eigenvalue weighted by molar-refractivity contribution is 9.10. The van der Waals surface area contributed by atoms with E-state index in [4.69, 9.17) is 0 Å². The molecule has 0 bridgehead atoms. The van der Waals surface area contributed by atoms with Gasteiger partial charge in [-0.3, -0.25) is 4.98 Å². The zero-order valence-electron chi connectivity index (χ0n) is 8.84. The maximum absolute atomic E-state index is 4.34. The third-order valence-electron chi connectivity index (χ3n) is 2.53. The van der Waals surface area contributed by atoms with Gasteiger partial charge in [0.1, 0.15) is 6.33 Å². The normalized spacial score (nSPS) is 10.6. The van der Waals surface area contributed by atoms with E-state index in [2.05, 4.69) is 30.9 Å². The number of hydrogen-bond acceptors (Lipinski definition) is 3. The van der Waals surface area contributed by atoms with Gasteiger partial charge in [0, 0.05) is 27.8 Å². The minimum Gasteiger partial charge on any atom is -0.264 e. The van der Waals surface area contributed by atoms with Crippen LogP contribution in [0.15, 0.2) is 53.5 Å². The Kier molecular flexibility index (Phi) is 2.57. The molecule has 0 saturated carbocycles. The molecule has 3 rings (SSSR count). The van der Waals surface area contributed by atoms with Crippen molar-refractivity contribution in [3.8, 4) is 11.3 Å². The van der Waals surface area contributed by atoms with Crippen molar-refractivity contribution in [3.05, 3.63) is 53.5 Å². The molecular weight excluding hydrogens is 278 g/mol. The van der Waals surface area contributed by atoms with Crippen molar-refractivity contribution in [2.75, 3.05) is 0 Å². The molecule has 0 unspecified atom stereocenters. The second kappa shape index (κ2) is 4.22. The van der Waals surface area contributed by atoms with Gasteiger partial charge in [0.25, 0.3) is 0 Å². The van der Waals surface area contributed by atoms with Crippen molar-refractivity contribution in [1.29, 1.82) is 0 Å². The van der Waals surface area contributed by atoms with Crippen LogP contribution in [0, 0.1) is 0 Å². The van der Waals surface area contributed by atoms with Crippen molar-refractivity contribution < 1.29 is 0 Å². The Labute approximate surface area is 107 Å². The van der Waals surface area contributed by atoms with Crippen LogP contribution in [-0.4, -0.2) is 15.0 Å². The van der Waals surface area contributed by atoms with E-state index < -0.39 is 0 Å². The average molecular weight is 286 g/mol. The van der Waals surface area contributed by atoms with Gasteiger partial charge in [-0.2, -0.15) is 0 Å². The van der Waals surface area contributed by atoms with E-state index in [1.165, 1.54) is 0 Å². The zero-order valence-corrected chi connectivity index (χ0v) is 10.4. The Balaban J connectivity index is 2.31. The van der Waals surface area contributed by atoms with Crippen LogP contribution in [0.2, 0.25) is 0 Å². The molecule has 2 aromatic heterocycles. The van der Waals surface area contributed by atoms with E-state index >= 15 is 0 Å². The Hall–Kier alpha value is -1.81. The molecule has 3 aromatic rings. The van der Waals surface area contributed by atoms with Gasteiger partial charge in [-0.15, -0.1) is 0 Å². The van der Waals surface area contributed by atoms with E-state index in [9.17, 15) is 0 Å². The molecule has 0 fully saturated rings. The molecule has 3 nitrogen and oxygen atoms in total. The summed E-state index contributed by atoms with van der Waals surface area (Å²) in [5.74, 6) is 0. The lowest BCUT2D eigenvalue weighted by atomic mass is 10.1. The van der Waals surface area contributed by atoms with Crippen molar-refractivity contribution in [2.24, 2.45) is 0 Å². The molecule has 2 heterocycles. The average Bonchev–Trinajstić information content (AvgIpc) is 2.39. The van der Waals surface area contributed by atoms with Crippen LogP contribution in [0.3, 0.4) is 0 Å². The summed E-state index contributed by atoms with van der Waals surface area (Å²) in [6, 6.07) is 9.89. The lowest BCUT2D eigenvalue weighted by Crippen LogP contribution is -1.89. The minimum absolute atomic E-state index is 0.913. The molecule has 0 N–H and O–H groups in total. The molecule has 4 heteroatoms. The monoisotopic (exact) mass is 285 g/mol. The van der Waals surface area contributed by atoms with Gasteiger partial charge in [0.05, 0.1) is 11.2 Å². The lowest BCUT2D eigenvalue weighted by Gasteiger charge is -2.04. The van der Waals surface area contributed by atoms with Gasteiger partial charge >= 0.3 is 0 Å². The van der Waals surface area contributed by atoms with E-state index in [1.807, 2.05) is 36.5 Å². The molecule has 1 aromatic carbocycles. The number of aromatic nitrogens is 3. The first kappa shape index (κ1) is 10.4. The summed E-state index contributed by atoms with van der Waals surface area (Å²) in [7, 11) is 0. The van der Waals surface area contributed by atoms with Crippen LogP contribution >= 0.6 is 15.9 Å². The van der Waals surface area contributed by atoms with Gasteiger partial charge < -0.3 is 0 Å². The fourth-order valence-corrected chi connectivity index (χ4v) is 2.11. The van der Waals surface area contributed by atoms with Crippen LogP contribution in [0.1, 0.15) is 0 Å². The highest BCUT2D eigenvalue weighted by atomic mass is 79.9. The zero-order chi connectivity index (χ0) is 11.7. The van der Waals surface area contributed by atoms with Gasteiger partial charge in [0.2, 0.25) is 0 Å². The van der Waals surface area contributed by atoms with E-state index in [0.717, 1.165) is 26.6 Å². The van der Waals surface area contributed by atoms with Gasteiger partial charge in [-0.25, -0.2) is 9.97 Å². The summed E-state index contributed by atoms with van der Waals surface area (Å²) in [6.07, 6.45) is 5.14. The topological polar surface area (TPSA) is 38.7 Å². The molecule has 0 amide bonds. The standard InChI is InChI=1S/C13H8BrN3/c14-10-3-4-11-12(6-10)16-8-17-13(11)9-2-1-5-15-7-9/h1-8H. The van der Waals surface area contributed by atoms with E-state index in [-0.39, 0.29) is 0 Å². The molecule has 0 aliphatic rings. The molecular formula is C13H8BrN3. The molecule has 0 radical (unpaired) electrons. The van der Waals surface area contributed by atoms with Crippen LogP contribution in [-0.2, 0) is 0 Å². The first-order chi connectivity index (χ1) is 8.34. The highest BCUT2D eigenvalue weighted by Crippen LogP contribution is 2.26. The largest absolute Gasteiger partial charge is 0.264 e. The fourth-order valence-electron chi connectivity index (χ4n) is 1.76. The second-order valence-electron chi connectivity index (χ2n) is 3.63. The third-order valence-corrected chi connectivity index (χ3v) is 3.03. The molecule has 0 saturated heterocycles. The van der Waals surface area contributed by atoms with Crippen molar-refractivity contribution in [1.82, 2.24) is 15.0 Å².